The molecular weight excluding hydrogens is 360 g/mol. The van der Waals surface area contributed by atoms with E-state index < -0.39 is 9.84 Å². The molecule has 2 aromatic carbocycles. The Kier molecular flexibility index (Phi) is 5.41. The summed E-state index contributed by atoms with van der Waals surface area (Å²) in [4.78, 5) is 10.8. The Morgan fingerprint density at radius 1 is 1.07 bits per heavy atom. The van der Waals surface area contributed by atoms with Crippen molar-refractivity contribution in [3.8, 4) is 0 Å². The van der Waals surface area contributed by atoms with Crippen molar-refractivity contribution in [2.24, 2.45) is 0 Å². The van der Waals surface area contributed by atoms with Gasteiger partial charge in [-0.3, -0.25) is 0 Å². The molecule has 3 aromatic rings. The van der Waals surface area contributed by atoms with E-state index in [1.54, 1.807) is 18.3 Å². The van der Waals surface area contributed by atoms with E-state index >= 15 is 0 Å². The highest BCUT2D eigenvalue weighted by Crippen LogP contribution is 2.23. The van der Waals surface area contributed by atoms with Crippen LogP contribution in [-0.4, -0.2) is 31.7 Å². The molecule has 140 valence electrons. The molecule has 0 aliphatic rings. The van der Waals surface area contributed by atoms with E-state index in [1.165, 1.54) is 11.8 Å². The van der Waals surface area contributed by atoms with E-state index in [-0.39, 0.29) is 5.75 Å². The first-order chi connectivity index (χ1) is 12.8. The van der Waals surface area contributed by atoms with E-state index in [2.05, 4.69) is 27.4 Å². The fraction of sp³-hybridized carbons (Fsp3) is 0.200. The number of nitrogens with one attached hydrogen (secondary N) is 1. The summed E-state index contributed by atoms with van der Waals surface area (Å²) in [7, 11) is -1.14. The van der Waals surface area contributed by atoms with Crippen molar-refractivity contribution >= 4 is 33.0 Å². The quantitative estimate of drug-likeness (QED) is 0.698. The Hall–Kier alpha value is -2.93. The number of sulfone groups is 1. The van der Waals surface area contributed by atoms with E-state index in [9.17, 15) is 8.42 Å². The van der Waals surface area contributed by atoms with Gasteiger partial charge >= 0.3 is 0 Å². The van der Waals surface area contributed by atoms with Gasteiger partial charge in [0.25, 0.3) is 0 Å². The lowest BCUT2D eigenvalue weighted by atomic mass is 10.2. The van der Waals surface area contributed by atoms with Crippen molar-refractivity contribution in [3.05, 3.63) is 71.9 Å². The van der Waals surface area contributed by atoms with Crippen LogP contribution in [0.3, 0.4) is 0 Å². The lowest BCUT2D eigenvalue weighted by molar-refractivity contribution is 0.601. The van der Waals surface area contributed by atoms with Gasteiger partial charge in [0.05, 0.1) is 5.75 Å². The van der Waals surface area contributed by atoms with Crippen LogP contribution < -0.4 is 10.2 Å². The predicted octanol–water partition coefficient (Wildman–Crippen LogP) is 3.84. The van der Waals surface area contributed by atoms with Crippen LogP contribution in [0.2, 0.25) is 0 Å². The van der Waals surface area contributed by atoms with Gasteiger partial charge in [-0.1, -0.05) is 29.8 Å². The number of hydrogen-bond donors (Lipinski definition) is 1. The minimum Gasteiger partial charge on any atom is -0.329 e. The molecule has 6 nitrogen and oxygen atoms in total. The van der Waals surface area contributed by atoms with Crippen LogP contribution in [0.1, 0.15) is 11.1 Å². The number of nitrogens with zero attached hydrogens (tertiary/aromatic N) is 3. The summed E-state index contributed by atoms with van der Waals surface area (Å²) in [5.74, 6) is 1.20. The highest BCUT2D eigenvalue weighted by molar-refractivity contribution is 7.89. The van der Waals surface area contributed by atoms with Crippen molar-refractivity contribution in [1.29, 1.82) is 0 Å². The molecule has 3 rings (SSSR count). The number of hydrogen-bond acceptors (Lipinski definition) is 6. The first kappa shape index (κ1) is 18.8. The molecule has 0 saturated carbocycles. The van der Waals surface area contributed by atoms with Gasteiger partial charge in [0.15, 0.2) is 9.84 Å². The number of anilines is 4. The van der Waals surface area contributed by atoms with Crippen molar-refractivity contribution in [1.82, 2.24) is 9.97 Å². The Morgan fingerprint density at radius 2 is 1.81 bits per heavy atom. The molecule has 1 aromatic heterocycles. The standard InChI is InChI=1S/C20H22N4O2S/c1-15-7-9-18(10-8-15)24(2)19-11-12-21-20(23-19)22-17-6-4-5-16(13-17)14-27(3,25)26/h4-13H,14H2,1-3H3,(H,21,22,23). The second-order valence-electron chi connectivity index (χ2n) is 6.53. The van der Waals surface area contributed by atoms with Gasteiger partial charge < -0.3 is 10.2 Å². The van der Waals surface area contributed by atoms with Gasteiger partial charge in [-0.15, -0.1) is 0 Å². The van der Waals surface area contributed by atoms with Crippen LogP contribution in [0.4, 0.5) is 23.1 Å². The minimum atomic E-state index is -3.08. The second-order valence-corrected chi connectivity index (χ2v) is 8.67. The third-order valence-electron chi connectivity index (χ3n) is 4.02. The summed E-state index contributed by atoms with van der Waals surface area (Å²) in [6, 6.07) is 17.3. The Bertz CT molecular complexity index is 1030. The van der Waals surface area contributed by atoms with Gasteiger partial charge in [0.2, 0.25) is 5.95 Å². The molecule has 0 saturated heterocycles. The molecule has 0 spiro atoms. The molecule has 0 aliphatic carbocycles. The second kappa shape index (κ2) is 7.75. The largest absolute Gasteiger partial charge is 0.329 e. The lowest BCUT2D eigenvalue weighted by Gasteiger charge is -2.19. The normalized spacial score (nSPS) is 11.2. The number of benzene rings is 2. The number of aromatic nitrogens is 2. The average Bonchev–Trinajstić information content (AvgIpc) is 2.61. The molecule has 0 bridgehead atoms. The highest BCUT2D eigenvalue weighted by Gasteiger charge is 2.09. The Balaban J connectivity index is 1.80. The van der Waals surface area contributed by atoms with Crippen molar-refractivity contribution in [2.45, 2.75) is 12.7 Å². The number of aryl methyl sites for hydroxylation is 1. The summed E-state index contributed by atoms with van der Waals surface area (Å²) in [6.45, 7) is 2.05. The first-order valence-electron chi connectivity index (χ1n) is 8.47. The van der Waals surface area contributed by atoms with Crippen molar-refractivity contribution in [3.63, 3.8) is 0 Å². The molecule has 0 unspecified atom stereocenters. The molecule has 7 heteroatoms. The van der Waals surface area contributed by atoms with Gasteiger partial charge in [0, 0.05) is 30.9 Å². The predicted molar refractivity (Wildman–Crippen MR) is 110 cm³/mol. The van der Waals surface area contributed by atoms with E-state index in [4.69, 9.17) is 0 Å². The first-order valence-corrected chi connectivity index (χ1v) is 10.5. The summed E-state index contributed by atoms with van der Waals surface area (Å²) in [5, 5.41) is 3.14. The van der Waals surface area contributed by atoms with Crippen LogP contribution in [0.25, 0.3) is 0 Å². The maximum Gasteiger partial charge on any atom is 0.229 e. The smallest absolute Gasteiger partial charge is 0.229 e. The van der Waals surface area contributed by atoms with Crippen LogP contribution in [-0.2, 0) is 15.6 Å². The zero-order valence-electron chi connectivity index (χ0n) is 15.5. The van der Waals surface area contributed by atoms with Gasteiger partial charge in [0.1, 0.15) is 5.82 Å². The molecule has 27 heavy (non-hydrogen) atoms. The van der Waals surface area contributed by atoms with Gasteiger partial charge in [-0.2, -0.15) is 4.98 Å². The third kappa shape index (κ3) is 5.27. The zero-order valence-corrected chi connectivity index (χ0v) is 16.4. The molecular formula is C20H22N4O2S. The summed E-state index contributed by atoms with van der Waals surface area (Å²) in [6.07, 6.45) is 2.91. The monoisotopic (exact) mass is 382 g/mol. The number of rotatable bonds is 6. The fourth-order valence-corrected chi connectivity index (χ4v) is 3.45. The molecule has 1 N–H and O–H groups in total. The SMILES string of the molecule is Cc1ccc(N(C)c2ccnc(Nc3cccc(CS(C)(=O)=O)c3)n2)cc1. The molecule has 0 atom stereocenters. The molecule has 1 heterocycles. The maximum absolute atomic E-state index is 11.5. The molecule has 0 fully saturated rings. The maximum atomic E-state index is 11.5. The van der Waals surface area contributed by atoms with E-state index in [0.717, 1.165) is 22.8 Å². The zero-order chi connectivity index (χ0) is 19.4. The highest BCUT2D eigenvalue weighted by atomic mass is 32.2. The van der Waals surface area contributed by atoms with Gasteiger partial charge in [-0.25, -0.2) is 13.4 Å². The minimum absolute atomic E-state index is 0.000418. The molecule has 0 radical (unpaired) electrons. The molecule has 0 amide bonds. The Morgan fingerprint density at radius 3 is 2.52 bits per heavy atom. The summed E-state index contributed by atoms with van der Waals surface area (Å²) < 4.78 is 23.0. The van der Waals surface area contributed by atoms with Crippen LogP contribution in [0.5, 0.6) is 0 Å². The molecule has 0 aliphatic heterocycles. The van der Waals surface area contributed by atoms with Gasteiger partial charge in [-0.05, 0) is 42.8 Å². The third-order valence-corrected chi connectivity index (χ3v) is 4.88. The fourth-order valence-electron chi connectivity index (χ4n) is 2.67. The van der Waals surface area contributed by atoms with Crippen molar-refractivity contribution < 1.29 is 8.42 Å². The van der Waals surface area contributed by atoms with E-state index in [0.29, 0.717) is 5.95 Å². The van der Waals surface area contributed by atoms with E-state index in [1.807, 2.05) is 49.2 Å². The lowest BCUT2D eigenvalue weighted by Crippen LogP contribution is -2.12. The average molecular weight is 382 g/mol. The topological polar surface area (TPSA) is 75.2 Å². The summed E-state index contributed by atoms with van der Waals surface area (Å²) >= 11 is 0. The van der Waals surface area contributed by atoms with Crippen LogP contribution in [0, 0.1) is 6.92 Å². The summed E-state index contributed by atoms with van der Waals surface area (Å²) in [5.41, 5.74) is 3.69. The van der Waals surface area contributed by atoms with Crippen LogP contribution in [0.15, 0.2) is 60.8 Å². The Labute approximate surface area is 159 Å². The van der Waals surface area contributed by atoms with Crippen molar-refractivity contribution in [2.75, 3.05) is 23.5 Å². The van der Waals surface area contributed by atoms with Crippen LogP contribution >= 0.6 is 0 Å².